The van der Waals surface area contributed by atoms with Gasteiger partial charge in [-0.1, -0.05) is 17.7 Å². The number of nitrogens with zero attached hydrogens (tertiary/aromatic N) is 1. The first-order chi connectivity index (χ1) is 18.6. The van der Waals surface area contributed by atoms with E-state index in [2.05, 4.69) is 4.74 Å². The lowest BCUT2D eigenvalue weighted by Crippen LogP contribution is -2.45. The van der Waals surface area contributed by atoms with Gasteiger partial charge < -0.3 is 9.47 Å². The van der Waals surface area contributed by atoms with Crippen LogP contribution in [0.25, 0.3) is 0 Å². The Hall–Kier alpha value is -3.24. The zero-order valence-electron chi connectivity index (χ0n) is 20.8. The fourth-order valence-corrected chi connectivity index (χ4v) is 7.24. The summed E-state index contributed by atoms with van der Waals surface area (Å²) in [5.41, 5.74) is -2.82. The van der Waals surface area contributed by atoms with Crippen molar-refractivity contribution in [3.05, 3.63) is 71.1 Å². The van der Waals surface area contributed by atoms with Crippen LogP contribution in [-0.4, -0.2) is 46.6 Å². The Labute approximate surface area is 225 Å². The van der Waals surface area contributed by atoms with E-state index in [1.807, 2.05) is 0 Å². The molecule has 1 heterocycles. The summed E-state index contributed by atoms with van der Waals surface area (Å²) < 4.78 is 147. The summed E-state index contributed by atoms with van der Waals surface area (Å²) in [6.07, 6.45) is -3.78. The summed E-state index contributed by atoms with van der Waals surface area (Å²) >= 11 is 0. The SMILES string of the molecule is CO[C@]1(C(F)F)CCc2c(S(=O)(=O)Nc3cc(F)c(OC(F)F)cc3F)cn(S(=O)(=O)c3ccc(C)cc3)c2C1. The highest BCUT2D eigenvalue weighted by Gasteiger charge is 2.47. The largest absolute Gasteiger partial charge is 0.432 e. The van der Waals surface area contributed by atoms with Crippen LogP contribution in [0, 0.1) is 18.6 Å². The molecule has 0 aliphatic heterocycles. The van der Waals surface area contributed by atoms with Crippen molar-refractivity contribution in [3.63, 3.8) is 0 Å². The molecule has 0 spiro atoms. The second-order valence-electron chi connectivity index (χ2n) is 9.03. The molecule has 40 heavy (non-hydrogen) atoms. The van der Waals surface area contributed by atoms with Gasteiger partial charge in [-0.25, -0.2) is 38.4 Å². The number of halogens is 6. The monoisotopic (exact) mass is 612 g/mol. The van der Waals surface area contributed by atoms with E-state index in [0.717, 1.165) is 12.7 Å². The van der Waals surface area contributed by atoms with Gasteiger partial charge in [0.15, 0.2) is 17.4 Å². The van der Waals surface area contributed by atoms with Gasteiger partial charge in [-0.15, -0.1) is 0 Å². The summed E-state index contributed by atoms with van der Waals surface area (Å²) in [6, 6.07) is 5.95. The zero-order valence-corrected chi connectivity index (χ0v) is 22.4. The van der Waals surface area contributed by atoms with Crippen LogP contribution in [0.2, 0.25) is 0 Å². The second kappa shape index (κ2) is 10.6. The fourth-order valence-electron chi connectivity index (χ4n) is 4.41. The summed E-state index contributed by atoms with van der Waals surface area (Å²) in [7, 11) is -8.38. The highest BCUT2D eigenvalue weighted by Crippen LogP contribution is 2.41. The van der Waals surface area contributed by atoms with Gasteiger partial charge in [-0.2, -0.15) is 8.78 Å². The van der Waals surface area contributed by atoms with E-state index < -0.39 is 73.1 Å². The molecule has 0 saturated heterocycles. The number of anilines is 1. The Kier molecular flexibility index (Phi) is 7.90. The Morgan fingerprint density at radius 1 is 1.00 bits per heavy atom. The Morgan fingerprint density at radius 2 is 1.65 bits per heavy atom. The van der Waals surface area contributed by atoms with Gasteiger partial charge in [0, 0.05) is 37.6 Å². The third kappa shape index (κ3) is 5.39. The highest BCUT2D eigenvalue weighted by atomic mass is 32.2. The van der Waals surface area contributed by atoms with Gasteiger partial charge in [0.25, 0.3) is 26.5 Å². The summed E-state index contributed by atoms with van der Waals surface area (Å²) in [5, 5.41) is 0. The number of hydrogen-bond acceptors (Lipinski definition) is 6. The normalized spacial score (nSPS) is 17.8. The van der Waals surface area contributed by atoms with Crippen LogP contribution in [0.5, 0.6) is 5.75 Å². The minimum atomic E-state index is -4.88. The lowest BCUT2D eigenvalue weighted by Gasteiger charge is -2.35. The molecular weight excluding hydrogens is 590 g/mol. The molecule has 0 fully saturated rings. The van der Waals surface area contributed by atoms with Crippen molar-refractivity contribution in [3.8, 4) is 5.75 Å². The molecule has 1 N–H and O–H groups in total. The summed E-state index contributed by atoms with van der Waals surface area (Å²) in [5.74, 6) is -4.16. The average molecular weight is 613 g/mol. The molecule has 8 nitrogen and oxygen atoms in total. The van der Waals surface area contributed by atoms with E-state index in [9.17, 15) is 43.2 Å². The molecule has 4 rings (SSSR count). The van der Waals surface area contributed by atoms with Gasteiger partial charge in [0.1, 0.15) is 10.5 Å². The van der Waals surface area contributed by atoms with Crippen molar-refractivity contribution in [1.82, 2.24) is 3.97 Å². The van der Waals surface area contributed by atoms with Gasteiger partial charge in [0.05, 0.1) is 10.6 Å². The fraction of sp³-hybridized carbons (Fsp3) is 0.333. The number of aromatic nitrogens is 1. The lowest BCUT2D eigenvalue weighted by atomic mass is 9.84. The third-order valence-corrected chi connectivity index (χ3v) is 9.70. The zero-order chi connectivity index (χ0) is 29.6. The quantitative estimate of drug-likeness (QED) is 0.347. The molecule has 16 heteroatoms. The van der Waals surface area contributed by atoms with Gasteiger partial charge in [-0.05, 0) is 37.5 Å². The number of alkyl halides is 4. The van der Waals surface area contributed by atoms with Crippen molar-refractivity contribution in [2.75, 3.05) is 11.8 Å². The Morgan fingerprint density at radius 3 is 2.23 bits per heavy atom. The van der Waals surface area contributed by atoms with Crippen LogP contribution in [-0.2, 0) is 37.6 Å². The second-order valence-corrected chi connectivity index (χ2v) is 12.5. The number of benzene rings is 2. The Balaban J connectivity index is 1.85. The number of sulfonamides is 1. The predicted octanol–water partition coefficient (Wildman–Crippen LogP) is 4.85. The van der Waals surface area contributed by atoms with Crippen molar-refractivity contribution in [2.24, 2.45) is 0 Å². The first kappa shape index (κ1) is 29.7. The van der Waals surface area contributed by atoms with E-state index in [0.29, 0.717) is 10.2 Å². The third-order valence-electron chi connectivity index (χ3n) is 6.56. The molecule has 218 valence electrons. The minimum absolute atomic E-state index is 0.143. The maximum absolute atomic E-state index is 14.5. The molecule has 0 unspecified atom stereocenters. The van der Waals surface area contributed by atoms with Crippen molar-refractivity contribution in [1.29, 1.82) is 0 Å². The van der Waals surface area contributed by atoms with Gasteiger partial charge in [0.2, 0.25) is 0 Å². The van der Waals surface area contributed by atoms with E-state index >= 15 is 0 Å². The van der Waals surface area contributed by atoms with Crippen LogP contribution in [0.15, 0.2) is 52.4 Å². The topological polar surface area (TPSA) is 104 Å². The van der Waals surface area contributed by atoms with Crippen LogP contribution in [0.4, 0.5) is 32.0 Å². The molecule has 1 aromatic heterocycles. The number of methoxy groups -OCH3 is 1. The molecule has 1 atom stereocenters. The van der Waals surface area contributed by atoms with Crippen LogP contribution in [0.3, 0.4) is 0 Å². The van der Waals surface area contributed by atoms with Gasteiger partial charge >= 0.3 is 6.61 Å². The minimum Gasteiger partial charge on any atom is -0.432 e. The van der Waals surface area contributed by atoms with Crippen LogP contribution >= 0.6 is 0 Å². The van der Waals surface area contributed by atoms with Crippen molar-refractivity contribution >= 4 is 25.7 Å². The first-order valence-corrected chi connectivity index (χ1v) is 14.4. The highest BCUT2D eigenvalue weighted by molar-refractivity contribution is 7.93. The predicted molar refractivity (Wildman–Crippen MR) is 130 cm³/mol. The van der Waals surface area contributed by atoms with E-state index in [-0.39, 0.29) is 41.1 Å². The molecule has 0 bridgehead atoms. The number of rotatable bonds is 9. The van der Waals surface area contributed by atoms with Crippen LogP contribution in [0.1, 0.15) is 23.2 Å². The lowest BCUT2D eigenvalue weighted by molar-refractivity contribution is -0.128. The maximum atomic E-state index is 14.5. The first-order valence-electron chi connectivity index (χ1n) is 11.5. The number of nitrogens with one attached hydrogen (secondary N) is 1. The molecule has 0 saturated carbocycles. The molecule has 1 aliphatic carbocycles. The van der Waals surface area contributed by atoms with E-state index in [4.69, 9.17) is 4.74 Å². The molecule has 3 aromatic rings. The number of ether oxygens (including phenoxy) is 2. The number of aryl methyl sites for hydroxylation is 1. The van der Waals surface area contributed by atoms with E-state index in [1.165, 1.54) is 24.3 Å². The van der Waals surface area contributed by atoms with E-state index in [1.54, 1.807) is 11.6 Å². The van der Waals surface area contributed by atoms with Crippen molar-refractivity contribution < 1.29 is 52.7 Å². The standard InChI is InChI=1S/C24H22F6N2O6S2/c1-13-3-5-14(6-4-13)40(35,36)32-12-21(15-7-8-24(37-2,22(27)28)11-19(15)32)39(33,34)31-18-9-17(26)20(10-16(18)25)38-23(29)30/h3-6,9-10,12,22-23,31H,7-8,11H2,1-2H3/t24-/m1/s1. The number of fused-ring (bicyclic) bond motifs is 1. The smallest absolute Gasteiger partial charge is 0.387 e. The molecular formula is C24H22F6N2O6S2. The maximum Gasteiger partial charge on any atom is 0.387 e. The number of hydrogen-bond donors (Lipinski definition) is 1. The molecule has 1 aliphatic rings. The van der Waals surface area contributed by atoms with Crippen LogP contribution < -0.4 is 9.46 Å². The molecule has 2 aromatic carbocycles. The Bertz CT molecular complexity index is 1640. The molecule has 0 amide bonds. The summed E-state index contributed by atoms with van der Waals surface area (Å²) in [4.78, 5) is -0.953. The average Bonchev–Trinajstić information content (AvgIpc) is 3.27. The van der Waals surface area contributed by atoms with Crippen molar-refractivity contribution in [2.45, 2.75) is 54.6 Å². The van der Waals surface area contributed by atoms with Gasteiger partial charge in [-0.3, -0.25) is 4.72 Å². The molecule has 0 radical (unpaired) electrons. The summed E-state index contributed by atoms with van der Waals surface area (Å²) in [6.45, 7) is -1.78.